The van der Waals surface area contributed by atoms with Crippen molar-refractivity contribution in [2.24, 2.45) is 4.99 Å². The largest absolute Gasteiger partial charge is 0.237 e. The van der Waals surface area contributed by atoms with Crippen LogP contribution in [-0.4, -0.2) is 11.2 Å². The van der Waals surface area contributed by atoms with Gasteiger partial charge in [0, 0.05) is 12.4 Å². The SMILES string of the molecule is Clc1ccc(N=Cc2ccc(Cl)c(Cl)c2)nc1. The standard InChI is InChI=1S/C12H7Cl3N2/c13-9-2-4-12(17-7-9)16-6-8-1-3-10(14)11(15)5-8/h1-7H. The van der Waals surface area contributed by atoms with Gasteiger partial charge in [0.1, 0.15) is 0 Å². The molecule has 1 aromatic heterocycles. The maximum atomic E-state index is 5.89. The molecule has 5 heteroatoms. The Bertz CT molecular complexity index is 550. The van der Waals surface area contributed by atoms with Crippen LogP contribution in [0.5, 0.6) is 0 Å². The first kappa shape index (κ1) is 12.4. The molecule has 0 bridgehead atoms. The fraction of sp³-hybridized carbons (Fsp3) is 0. The molecule has 0 aliphatic heterocycles. The van der Waals surface area contributed by atoms with Gasteiger partial charge in [0.15, 0.2) is 5.82 Å². The molecule has 0 radical (unpaired) electrons. The van der Waals surface area contributed by atoms with Gasteiger partial charge < -0.3 is 0 Å². The average Bonchev–Trinajstić information content (AvgIpc) is 2.33. The molecule has 0 N–H and O–H groups in total. The lowest BCUT2D eigenvalue weighted by molar-refractivity contribution is 1.28. The highest BCUT2D eigenvalue weighted by Gasteiger charge is 1.97. The van der Waals surface area contributed by atoms with Crippen LogP contribution in [0, 0.1) is 0 Å². The predicted octanol–water partition coefficient (Wildman–Crippen LogP) is 4.79. The Balaban J connectivity index is 2.20. The number of hydrogen-bond acceptors (Lipinski definition) is 2. The Kier molecular flexibility index (Phi) is 4.00. The van der Waals surface area contributed by atoms with E-state index in [1.54, 1.807) is 36.7 Å². The van der Waals surface area contributed by atoms with E-state index in [1.807, 2.05) is 6.07 Å². The number of aliphatic imine (C=N–C) groups is 1. The van der Waals surface area contributed by atoms with E-state index in [2.05, 4.69) is 9.98 Å². The number of halogens is 3. The van der Waals surface area contributed by atoms with E-state index in [0.29, 0.717) is 20.9 Å². The highest BCUT2D eigenvalue weighted by atomic mass is 35.5. The van der Waals surface area contributed by atoms with Gasteiger partial charge in [-0.25, -0.2) is 9.98 Å². The minimum atomic E-state index is 0.500. The monoisotopic (exact) mass is 284 g/mol. The van der Waals surface area contributed by atoms with Gasteiger partial charge in [-0.05, 0) is 29.8 Å². The highest BCUT2D eigenvalue weighted by Crippen LogP contribution is 2.22. The lowest BCUT2D eigenvalue weighted by Gasteiger charge is -1.97. The third-order valence-corrected chi connectivity index (χ3v) is 2.96. The first-order chi connectivity index (χ1) is 8.15. The van der Waals surface area contributed by atoms with Crippen LogP contribution in [0.25, 0.3) is 0 Å². The van der Waals surface area contributed by atoms with Crippen molar-refractivity contribution in [3.63, 3.8) is 0 Å². The van der Waals surface area contributed by atoms with E-state index in [0.717, 1.165) is 5.56 Å². The molecule has 0 spiro atoms. The van der Waals surface area contributed by atoms with Crippen molar-refractivity contribution in [3.8, 4) is 0 Å². The summed E-state index contributed by atoms with van der Waals surface area (Å²) < 4.78 is 0. The van der Waals surface area contributed by atoms with Crippen molar-refractivity contribution in [3.05, 3.63) is 57.2 Å². The smallest absolute Gasteiger partial charge is 0.151 e. The van der Waals surface area contributed by atoms with Gasteiger partial charge in [0.05, 0.1) is 15.1 Å². The summed E-state index contributed by atoms with van der Waals surface area (Å²) in [5, 5.41) is 1.60. The zero-order valence-corrected chi connectivity index (χ0v) is 10.8. The van der Waals surface area contributed by atoms with Crippen LogP contribution in [0.2, 0.25) is 15.1 Å². The summed E-state index contributed by atoms with van der Waals surface area (Å²) in [6.45, 7) is 0. The van der Waals surface area contributed by atoms with Crippen molar-refractivity contribution < 1.29 is 0 Å². The van der Waals surface area contributed by atoms with Gasteiger partial charge in [0.2, 0.25) is 0 Å². The first-order valence-electron chi connectivity index (χ1n) is 4.76. The number of nitrogens with zero attached hydrogens (tertiary/aromatic N) is 2. The van der Waals surface area contributed by atoms with Crippen LogP contribution in [-0.2, 0) is 0 Å². The second-order valence-electron chi connectivity index (χ2n) is 3.27. The van der Waals surface area contributed by atoms with Gasteiger partial charge in [-0.3, -0.25) is 0 Å². The Morgan fingerprint density at radius 2 is 1.82 bits per heavy atom. The van der Waals surface area contributed by atoms with Gasteiger partial charge >= 0.3 is 0 Å². The van der Waals surface area contributed by atoms with Crippen LogP contribution in [0.4, 0.5) is 5.82 Å². The molecule has 0 saturated heterocycles. The van der Waals surface area contributed by atoms with Crippen LogP contribution in [0.15, 0.2) is 41.5 Å². The quantitative estimate of drug-likeness (QED) is 0.728. The van der Waals surface area contributed by atoms with E-state index in [1.165, 1.54) is 0 Å². The third kappa shape index (κ3) is 3.43. The van der Waals surface area contributed by atoms with E-state index in [9.17, 15) is 0 Å². The summed E-state index contributed by atoms with van der Waals surface area (Å²) in [5.41, 5.74) is 0.858. The topological polar surface area (TPSA) is 25.2 Å². The first-order valence-corrected chi connectivity index (χ1v) is 5.89. The van der Waals surface area contributed by atoms with E-state index in [4.69, 9.17) is 34.8 Å². The molecule has 0 atom stereocenters. The summed E-state index contributed by atoms with van der Waals surface area (Å²) in [5.74, 6) is 0.584. The number of pyridine rings is 1. The molecule has 1 aromatic carbocycles. The second kappa shape index (κ2) is 5.50. The normalized spacial score (nSPS) is 11.0. The van der Waals surface area contributed by atoms with Gasteiger partial charge in [-0.1, -0.05) is 40.9 Å². The van der Waals surface area contributed by atoms with Crippen molar-refractivity contribution in [2.45, 2.75) is 0 Å². The Hall–Kier alpha value is -1.09. The van der Waals surface area contributed by atoms with Crippen molar-refractivity contribution in [1.29, 1.82) is 0 Å². The lowest BCUT2D eigenvalue weighted by Crippen LogP contribution is -1.81. The molecule has 0 unspecified atom stereocenters. The molecule has 17 heavy (non-hydrogen) atoms. The molecule has 86 valence electrons. The summed E-state index contributed by atoms with van der Waals surface area (Å²) in [6.07, 6.45) is 3.21. The molecular weight excluding hydrogens is 279 g/mol. The molecule has 2 nitrogen and oxygen atoms in total. The maximum absolute atomic E-state index is 5.89. The third-order valence-electron chi connectivity index (χ3n) is 2.00. The zero-order chi connectivity index (χ0) is 12.3. The van der Waals surface area contributed by atoms with Crippen LogP contribution >= 0.6 is 34.8 Å². The van der Waals surface area contributed by atoms with E-state index >= 15 is 0 Å². The van der Waals surface area contributed by atoms with Gasteiger partial charge in [-0.2, -0.15) is 0 Å². The summed E-state index contributed by atoms with van der Waals surface area (Å²) in [6, 6.07) is 8.75. The molecule has 1 heterocycles. The van der Waals surface area contributed by atoms with Gasteiger partial charge in [-0.15, -0.1) is 0 Å². The Morgan fingerprint density at radius 3 is 2.47 bits per heavy atom. The van der Waals surface area contributed by atoms with Crippen LogP contribution < -0.4 is 0 Å². The molecule has 0 aliphatic rings. The van der Waals surface area contributed by atoms with Crippen molar-refractivity contribution in [2.75, 3.05) is 0 Å². The molecule has 2 aromatic rings. The number of rotatable bonds is 2. The lowest BCUT2D eigenvalue weighted by atomic mass is 10.2. The van der Waals surface area contributed by atoms with Crippen molar-refractivity contribution >= 4 is 46.8 Å². The Labute approximate surface area is 114 Å². The van der Waals surface area contributed by atoms with E-state index < -0.39 is 0 Å². The fourth-order valence-corrected chi connectivity index (χ4v) is 1.60. The predicted molar refractivity (Wildman–Crippen MR) is 73.0 cm³/mol. The Morgan fingerprint density at radius 1 is 1.00 bits per heavy atom. The second-order valence-corrected chi connectivity index (χ2v) is 4.52. The number of aromatic nitrogens is 1. The molecule has 0 saturated carbocycles. The average molecular weight is 286 g/mol. The van der Waals surface area contributed by atoms with Crippen LogP contribution in [0.1, 0.15) is 5.56 Å². The summed E-state index contributed by atoms with van der Waals surface area (Å²) in [4.78, 5) is 8.24. The summed E-state index contributed by atoms with van der Waals surface area (Å²) >= 11 is 17.4. The minimum absolute atomic E-state index is 0.500. The molecule has 0 amide bonds. The minimum Gasteiger partial charge on any atom is -0.237 e. The maximum Gasteiger partial charge on any atom is 0.151 e. The molecule has 2 rings (SSSR count). The molecular formula is C12H7Cl3N2. The van der Waals surface area contributed by atoms with Crippen LogP contribution in [0.3, 0.4) is 0 Å². The summed E-state index contributed by atoms with van der Waals surface area (Å²) in [7, 11) is 0. The van der Waals surface area contributed by atoms with Gasteiger partial charge in [0.25, 0.3) is 0 Å². The highest BCUT2D eigenvalue weighted by molar-refractivity contribution is 6.42. The van der Waals surface area contributed by atoms with Crippen molar-refractivity contribution in [1.82, 2.24) is 4.98 Å². The van der Waals surface area contributed by atoms with E-state index in [-0.39, 0.29) is 0 Å². The number of hydrogen-bond donors (Lipinski definition) is 0. The molecule has 0 fully saturated rings. The fourth-order valence-electron chi connectivity index (χ4n) is 1.18. The number of benzene rings is 1. The molecule has 0 aliphatic carbocycles. The zero-order valence-electron chi connectivity index (χ0n) is 8.57.